The molecule has 0 N–H and O–H groups in total. The van der Waals surface area contributed by atoms with E-state index >= 15 is 0 Å². The summed E-state index contributed by atoms with van der Waals surface area (Å²) in [7, 11) is 0. The fourth-order valence-electron chi connectivity index (χ4n) is 2.88. The Kier molecular flexibility index (Phi) is 4.26. The highest BCUT2D eigenvalue weighted by Crippen LogP contribution is 2.20. The number of unbranched alkanes of at least 4 members (excludes halogenated alkanes) is 1. The summed E-state index contributed by atoms with van der Waals surface area (Å²) in [6.45, 7) is 10.4. The maximum atomic E-state index is 12.1. The molecule has 0 bridgehead atoms. The highest BCUT2D eigenvalue weighted by molar-refractivity contribution is 5.75. The van der Waals surface area contributed by atoms with Gasteiger partial charge in [0.25, 0.3) is 0 Å². The van der Waals surface area contributed by atoms with Crippen LogP contribution < -0.4 is 0 Å². The molecule has 0 aliphatic carbocycles. The Morgan fingerprint density at radius 1 is 1.24 bits per heavy atom. The van der Waals surface area contributed by atoms with Crippen LogP contribution in [-0.4, -0.2) is 66.0 Å². The summed E-state index contributed by atoms with van der Waals surface area (Å²) in [5, 5.41) is 0. The van der Waals surface area contributed by atoms with Gasteiger partial charge in [-0.05, 0) is 26.3 Å². The van der Waals surface area contributed by atoms with Crippen molar-refractivity contribution in [3.05, 3.63) is 0 Å². The molecule has 2 aliphatic rings. The van der Waals surface area contributed by atoms with Gasteiger partial charge in [0.2, 0.25) is 0 Å². The van der Waals surface area contributed by atoms with Crippen LogP contribution in [0.1, 0.15) is 33.1 Å². The minimum atomic E-state index is 0.263. The van der Waals surface area contributed by atoms with Crippen LogP contribution in [0.5, 0.6) is 0 Å². The Hall–Kier alpha value is -0.770. The van der Waals surface area contributed by atoms with Crippen LogP contribution in [0, 0.1) is 0 Å². The lowest BCUT2D eigenvalue weighted by Crippen LogP contribution is -2.62. The Labute approximate surface area is 105 Å². The van der Waals surface area contributed by atoms with Crippen LogP contribution in [0.2, 0.25) is 0 Å². The standard InChI is InChI=1S/C13H25N3O/c1-3-5-7-14-9-10-16-12(11-14)6-8-15(4-2)13(16)17/h12H,3-11H2,1-2H3/t12-/m0/s1. The van der Waals surface area contributed by atoms with E-state index in [9.17, 15) is 4.79 Å². The number of carbonyl (C=O) groups excluding carboxylic acids is 1. The SMILES string of the molecule is CCCCN1CCN2C(=O)N(CC)CC[C@H]2C1. The van der Waals surface area contributed by atoms with E-state index in [2.05, 4.69) is 23.6 Å². The molecule has 0 radical (unpaired) electrons. The topological polar surface area (TPSA) is 26.8 Å². The van der Waals surface area contributed by atoms with E-state index in [-0.39, 0.29) is 6.03 Å². The van der Waals surface area contributed by atoms with Gasteiger partial charge in [0, 0.05) is 38.8 Å². The lowest BCUT2D eigenvalue weighted by Gasteiger charge is -2.47. The van der Waals surface area contributed by atoms with E-state index in [1.165, 1.54) is 19.4 Å². The van der Waals surface area contributed by atoms with E-state index in [1.54, 1.807) is 0 Å². The van der Waals surface area contributed by atoms with E-state index in [0.29, 0.717) is 6.04 Å². The third-order valence-electron chi connectivity index (χ3n) is 4.02. The monoisotopic (exact) mass is 239 g/mol. The molecule has 4 heteroatoms. The summed E-state index contributed by atoms with van der Waals surface area (Å²) in [4.78, 5) is 18.7. The van der Waals surface area contributed by atoms with E-state index in [0.717, 1.165) is 39.1 Å². The highest BCUT2D eigenvalue weighted by atomic mass is 16.2. The van der Waals surface area contributed by atoms with Gasteiger partial charge in [0.05, 0.1) is 0 Å². The highest BCUT2D eigenvalue weighted by Gasteiger charge is 2.35. The van der Waals surface area contributed by atoms with Crippen molar-refractivity contribution in [2.45, 2.75) is 39.2 Å². The zero-order chi connectivity index (χ0) is 12.3. The Morgan fingerprint density at radius 2 is 2.06 bits per heavy atom. The second-order valence-electron chi connectivity index (χ2n) is 5.15. The predicted molar refractivity (Wildman–Crippen MR) is 69.1 cm³/mol. The molecule has 17 heavy (non-hydrogen) atoms. The van der Waals surface area contributed by atoms with E-state index in [1.807, 2.05) is 4.90 Å². The van der Waals surface area contributed by atoms with Crippen molar-refractivity contribution in [3.63, 3.8) is 0 Å². The second-order valence-corrected chi connectivity index (χ2v) is 5.15. The molecular formula is C13H25N3O. The molecule has 0 aromatic rings. The minimum Gasteiger partial charge on any atom is -0.325 e. The molecule has 98 valence electrons. The normalized spacial score (nSPS) is 26.2. The summed E-state index contributed by atoms with van der Waals surface area (Å²) >= 11 is 0. The largest absolute Gasteiger partial charge is 0.325 e. The number of hydrogen-bond acceptors (Lipinski definition) is 2. The zero-order valence-corrected chi connectivity index (χ0v) is 11.2. The first kappa shape index (κ1) is 12.7. The maximum absolute atomic E-state index is 12.1. The fraction of sp³-hybridized carbons (Fsp3) is 0.923. The molecule has 1 atom stereocenters. The molecule has 2 rings (SSSR count). The zero-order valence-electron chi connectivity index (χ0n) is 11.2. The smallest absolute Gasteiger partial charge is 0.320 e. The first-order chi connectivity index (χ1) is 8.26. The summed E-state index contributed by atoms with van der Waals surface area (Å²) in [6, 6.07) is 0.731. The lowest BCUT2D eigenvalue weighted by atomic mass is 10.1. The van der Waals surface area contributed by atoms with E-state index < -0.39 is 0 Å². The van der Waals surface area contributed by atoms with Crippen molar-refractivity contribution >= 4 is 6.03 Å². The molecule has 2 heterocycles. The minimum absolute atomic E-state index is 0.263. The van der Waals surface area contributed by atoms with Crippen molar-refractivity contribution in [2.24, 2.45) is 0 Å². The second kappa shape index (κ2) is 5.71. The van der Waals surface area contributed by atoms with Gasteiger partial charge < -0.3 is 9.80 Å². The molecule has 2 saturated heterocycles. The van der Waals surface area contributed by atoms with Crippen LogP contribution in [0.4, 0.5) is 4.79 Å². The number of hydrogen-bond donors (Lipinski definition) is 0. The maximum Gasteiger partial charge on any atom is 0.320 e. The third-order valence-corrected chi connectivity index (χ3v) is 4.02. The van der Waals surface area contributed by atoms with Crippen LogP contribution in [-0.2, 0) is 0 Å². The van der Waals surface area contributed by atoms with Gasteiger partial charge in [-0.25, -0.2) is 4.79 Å². The summed E-state index contributed by atoms with van der Waals surface area (Å²) in [5.74, 6) is 0. The summed E-state index contributed by atoms with van der Waals surface area (Å²) < 4.78 is 0. The van der Waals surface area contributed by atoms with Gasteiger partial charge in [-0.3, -0.25) is 4.90 Å². The van der Waals surface area contributed by atoms with Gasteiger partial charge in [-0.15, -0.1) is 0 Å². The number of urea groups is 1. The van der Waals surface area contributed by atoms with Gasteiger partial charge in [0.1, 0.15) is 0 Å². The fourth-order valence-corrected chi connectivity index (χ4v) is 2.88. The van der Waals surface area contributed by atoms with Gasteiger partial charge in [-0.1, -0.05) is 13.3 Å². The molecule has 2 fully saturated rings. The number of amides is 2. The molecule has 0 spiro atoms. The van der Waals surface area contributed by atoms with Crippen molar-refractivity contribution in [1.29, 1.82) is 0 Å². The van der Waals surface area contributed by atoms with Crippen LogP contribution in [0.15, 0.2) is 0 Å². The molecule has 0 aromatic carbocycles. The number of piperazine rings is 1. The first-order valence-electron chi connectivity index (χ1n) is 7.04. The number of fused-ring (bicyclic) bond motifs is 1. The average Bonchev–Trinajstić information content (AvgIpc) is 2.37. The predicted octanol–water partition coefficient (Wildman–Crippen LogP) is 1.62. The Balaban J connectivity index is 1.89. The van der Waals surface area contributed by atoms with Crippen molar-refractivity contribution < 1.29 is 4.79 Å². The molecule has 0 unspecified atom stereocenters. The van der Waals surface area contributed by atoms with Crippen molar-refractivity contribution in [1.82, 2.24) is 14.7 Å². The Morgan fingerprint density at radius 3 is 2.76 bits per heavy atom. The third kappa shape index (κ3) is 2.73. The molecular weight excluding hydrogens is 214 g/mol. The molecule has 2 aliphatic heterocycles. The number of carbonyl (C=O) groups is 1. The summed E-state index contributed by atoms with van der Waals surface area (Å²) in [6.07, 6.45) is 3.68. The van der Waals surface area contributed by atoms with E-state index in [4.69, 9.17) is 0 Å². The first-order valence-corrected chi connectivity index (χ1v) is 7.04. The molecule has 4 nitrogen and oxygen atoms in total. The van der Waals surface area contributed by atoms with Gasteiger partial charge in [-0.2, -0.15) is 0 Å². The number of rotatable bonds is 4. The molecule has 0 saturated carbocycles. The van der Waals surface area contributed by atoms with Gasteiger partial charge >= 0.3 is 6.03 Å². The lowest BCUT2D eigenvalue weighted by molar-refractivity contribution is 0.0452. The quantitative estimate of drug-likeness (QED) is 0.745. The van der Waals surface area contributed by atoms with Crippen LogP contribution >= 0.6 is 0 Å². The van der Waals surface area contributed by atoms with Crippen LogP contribution in [0.25, 0.3) is 0 Å². The molecule has 0 aromatic heterocycles. The van der Waals surface area contributed by atoms with Crippen molar-refractivity contribution in [2.75, 3.05) is 39.3 Å². The molecule has 2 amide bonds. The number of nitrogens with zero attached hydrogens (tertiary/aromatic N) is 3. The van der Waals surface area contributed by atoms with Crippen molar-refractivity contribution in [3.8, 4) is 0 Å². The summed E-state index contributed by atoms with van der Waals surface area (Å²) in [5.41, 5.74) is 0. The average molecular weight is 239 g/mol. The Bertz CT molecular complexity index is 269. The van der Waals surface area contributed by atoms with Gasteiger partial charge in [0.15, 0.2) is 0 Å². The van der Waals surface area contributed by atoms with Crippen LogP contribution in [0.3, 0.4) is 0 Å².